The van der Waals surface area contributed by atoms with Crippen LogP contribution >= 0.6 is 0 Å². The highest BCUT2D eigenvalue weighted by atomic mass is 19.4. The molecule has 0 aromatic carbocycles. The lowest BCUT2D eigenvalue weighted by Crippen LogP contribution is -2.51. The topological polar surface area (TPSA) is 0 Å². The van der Waals surface area contributed by atoms with E-state index in [2.05, 4.69) is 90.0 Å². The van der Waals surface area contributed by atoms with E-state index in [0.29, 0.717) is 22.7 Å². The lowest BCUT2D eigenvalue weighted by Gasteiger charge is -2.51. The van der Waals surface area contributed by atoms with Gasteiger partial charge in [-0.3, -0.25) is 0 Å². The Morgan fingerprint density at radius 1 is 0.205 bits per heavy atom. The van der Waals surface area contributed by atoms with Crippen LogP contribution in [0.4, 0.5) is 105 Å². The van der Waals surface area contributed by atoms with Crippen LogP contribution in [0.5, 0.6) is 0 Å². The van der Waals surface area contributed by atoms with Crippen LogP contribution in [0.1, 0.15) is 366 Å². The van der Waals surface area contributed by atoms with E-state index < -0.39 is 122 Å². The number of halogens is 24. The molecule has 0 rings (SSSR count). The maximum absolute atomic E-state index is 12.9. The predicted octanol–water partition coefficient (Wildman–Crippen LogP) is 37.2. The highest BCUT2D eigenvalue weighted by molar-refractivity contribution is 4.98. The van der Waals surface area contributed by atoms with Gasteiger partial charge < -0.3 is 0 Å². The van der Waals surface area contributed by atoms with Crippen molar-refractivity contribution in [2.45, 2.75) is 416 Å². The smallest absolute Gasteiger partial charge is 0.171 e. The molecule has 0 spiro atoms. The fourth-order valence-corrected chi connectivity index (χ4v) is 8.69. The molecule has 0 fully saturated rings. The van der Waals surface area contributed by atoms with Crippen LogP contribution in [-0.4, -0.2) is 49.4 Å². The summed E-state index contributed by atoms with van der Waals surface area (Å²) in [6.07, 6.45) is -32.1. The van der Waals surface area contributed by atoms with Gasteiger partial charge in [0.1, 0.15) is 0 Å². The molecule has 0 saturated carbocycles. The van der Waals surface area contributed by atoms with Crippen molar-refractivity contribution in [2.75, 3.05) is 0 Å². The normalized spacial score (nSPS) is 16.7. The summed E-state index contributed by atoms with van der Waals surface area (Å²) in [5, 5.41) is 0. The summed E-state index contributed by atoms with van der Waals surface area (Å²) in [7, 11) is 0. The Labute approximate surface area is 672 Å². The zero-order chi connectivity index (χ0) is 95.3. The molecule has 0 bridgehead atoms. The van der Waals surface area contributed by atoms with Gasteiger partial charge in [-0.25, -0.2) is 0 Å². The Morgan fingerprint density at radius 3 is 0.482 bits per heavy atom. The summed E-state index contributed by atoms with van der Waals surface area (Å²) in [6, 6.07) is 0. The highest BCUT2D eigenvalue weighted by Gasteiger charge is 2.61. The molecule has 0 N–H and O–H groups in total. The van der Waals surface area contributed by atoms with Crippen LogP contribution < -0.4 is 0 Å². The quantitative estimate of drug-likeness (QED) is 0.171. The lowest BCUT2D eigenvalue weighted by molar-refractivity contribution is -0.263. The van der Waals surface area contributed by atoms with Crippen molar-refractivity contribution in [1.82, 2.24) is 0 Å². The van der Waals surface area contributed by atoms with Crippen molar-refractivity contribution in [3.63, 3.8) is 0 Å². The monoisotopic (exact) mass is 1690 g/mol. The van der Waals surface area contributed by atoms with E-state index in [9.17, 15) is 105 Å². The Bertz CT molecular complexity index is 2290. The van der Waals surface area contributed by atoms with Crippen LogP contribution in [0.3, 0.4) is 0 Å². The van der Waals surface area contributed by atoms with Gasteiger partial charge in [-0.05, 0) is 108 Å². The summed E-state index contributed by atoms with van der Waals surface area (Å²) < 4.78 is 295. The van der Waals surface area contributed by atoms with Crippen LogP contribution in [-0.2, 0) is 0 Å². The number of hydrogen-bond acceptors (Lipinski definition) is 0. The van der Waals surface area contributed by atoms with Crippen LogP contribution in [0, 0.1) is 153 Å². The largest absolute Gasteiger partial charge is 0.394 e. The minimum atomic E-state index is -4.16. The summed E-state index contributed by atoms with van der Waals surface area (Å²) in [5.74, 6) is -3.46. The second-order valence-electron chi connectivity index (χ2n) is 43.4. The maximum Gasteiger partial charge on any atom is 0.394 e. The Morgan fingerprint density at radius 2 is 0.438 bits per heavy atom. The molecule has 0 heterocycles. The van der Waals surface area contributed by atoms with Crippen LogP contribution in [0.15, 0.2) is 0 Å². The Hall–Kier alpha value is -1.68. The van der Waals surface area contributed by atoms with Crippen molar-refractivity contribution in [1.29, 1.82) is 0 Å². The summed E-state index contributed by atoms with van der Waals surface area (Å²) >= 11 is 0. The lowest BCUT2D eigenvalue weighted by atomic mass is 9.55. The molecule has 692 valence electrons. The minimum absolute atomic E-state index is 0.0362. The first-order valence-electron chi connectivity index (χ1n) is 39.8. The molecule has 0 aliphatic carbocycles. The zero-order valence-corrected chi connectivity index (χ0v) is 80.4. The first-order valence-corrected chi connectivity index (χ1v) is 39.8. The fourth-order valence-electron chi connectivity index (χ4n) is 8.69. The van der Waals surface area contributed by atoms with Crippen molar-refractivity contribution in [2.24, 2.45) is 153 Å². The van der Waals surface area contributed by atoms with Gasteiger partial charge in [0.15, 0.2) is 0 Å². The molecular weight excluding hydrogens is 1510 g/mol. The average Bonchev–Trinajstić information content (AvgIpc) is 0.751. The van der Waals surface area contributed by atoms with Crippen molar-refractivity contribution >= 4 is 0 Å². The molecule has 0 aliphatic rings. The van der Waals surface area contributed by atoms with Gasteiger partial charge in [0.25, 0.3) is 0 Å². The molecule has 0 aliphatic heterocycles. The Balaban J connectivity index is -0.000000129. The van der Waals surface area contributed by atoms with Crippen LogP contribution in [0.25, 0.3) is 0 Å². The highest BCUT2D eigenvalue weighted by Crippen LogP contribution is 2.59. The van der Waals surface area contributed by atoms with Gasteiger partial charge >= 0.3 is 49.4 Å². The zero-order valence-electron chi connectivity index (χ0n) is 80.4. The van der Waals surface area contributed by atoms with Crippen molar-refractivity contribution < 1.29 is 105 Å². The second-order valence-corrected chi connectivity index (χ2v) is 43.4. The van der Waals surface area contributed by atoms with Crippen LogP contribution in [0.2, 0.25) is 0 Å². The van der Waals surface area contributed by atoms with Gasteiger partial charge in [-0.2, -0.15) is 105 Å². The van der Waals surface area contributed by atoms with Crippen molar-refractivity contribution in [3.8, 4) is 0 Å². The minimum Gasteiger partial charge on any atom is -0.171 e. The molecule has 0 amide bonds. The van der Waals surface area contributed by atoms with E-state index in [0.717, 1.165) is 17.8 Å². The number of hydrogen-bond donors (Lipinski definition) is 0. The first kappa shape index (κ1) is 131. The average molecular weight is 1690 g/mol. The molecule has 24 heteroatoms. The van der Waals surface area contributed by atoms with Gasteiger partial charge in [0.05, 0.1) is 45.3 Å². The molecular formula is C88H172F24. The van der Waals surface area contributed by atoms with E-state index >= 15 is 0 Å². The van der Waals surface area contributed by atoms with Gasteiger partial charge in [0.2, 0.25) is 0 Å². The molecule has 112 heavy (non-hydrogen) atoms. The molecule has 4 unspecified atom stereocenters. The number of alkyl halides is 24. The maximum atomic E-state index is 12.9. The van der Waals surface area contributed by atoms with E-state index in [1.165, 1.54) is 83.1 Å². The molecule has 0 nitrogen and oxygen atoms in total. The standard InChI is InChI=1S/C11H21F3.C10H19F3.C10H22.C9H17F3.C9H20.4C8H15F3.C7H13F3/c1-8(2,3)9(4,5)10(6,7)11(12,13)14;1-7(8(2,3)4)9(5,6)10(11,12)13;1-8(2)10(6,7)9(3,4)5;1-6(2)8(4,5)7(3)9(10,11)12;1-7(2)8(3)9(4,5)6;2*1-6(2,3)7(4,5)8(9,10)11;2*1-5(2)6(3)7(4)8(9,10)11;1-4-5(2)6(3)7(8,9)10/h1-7H3;7H,1-6H3;8H,1-7H3;6-7H,1-5H3;7-8H,1-6H3;2*1-5H3;2*5-7H,1-4H3;5-6H,4H2,1-3H3/t;7-;;;8-;;;2*6-,7?;5?,6-/m.1..1..111/s1. The van der Waals surface area contributed by atoms with Gasteiger partial charge in [-0.15, -0.1) is 0 Å². The molecule has 9 atom stereocenters. The SMILES string of the molecule is CC(C)(C)C(C)(C)C(C)(C)C(F)(F)F.CC(C)(C)C(C)(C)C(F)(F)F.CC(C)(C)C(C)(C)C(F)(F)F.CC(C)C(C)(C)C(C)(C)C.CC(C)C(C)(C)C(C)C(F)(F)F.CC(C)[C@@H](C)C(C)(C)C.CC(C)[C@@H](C)C(C)C(F)(F)F.CC(C)[C@@H](C)C(C)C(F)(F)F.CCC(C)[C@@H](C)C(F)(F)F.C[C@H](C(C)(C)C)C(C)(C)C(F)(F)F. The molecule has 0 saturated heterocycles. The van der Waals surface area contributed by atoms with Gasteiger partial charge in [0, 0.05) is 0 Å². The van der Waals surface area contributed by atoms with E-state index in [1.54, 1.807) is 104 Å². The first-order chi connectivity index (χ1) is 47.2. The van der Waals surface area contributed by atoms with Crippen molar-refractivity contribution in [3.05, 3.63) is 0 Å². The molecule has 0 radical (unpaired) electrons. The van der Waals surface area contributed by atoms with E-state index in [-0.39, 0.29) is 46.3 Å². The van der Waals surface area contributed by atoms with E-state index in [4.69, 9.17) is 0 Å². The van der Waals surface area contributed by atoms with Gasteiger partial charge in [-0.1, -0.05) is 366 Å². The summed E-state index contributed by atoms with van der Waals surface area (Å²) in [4.78, 5) is 0. The second kappa shape index (κ2) is 45.8. The summed E-state index contributed by atoms with van der Waals surface area (Å²) in [6.45, 7) is 91.6. The molecule has 0 aromatic heterocycles. The van der Waals surface area contributed by atoms with E-state index in [1.807, 2.05) is 83.1 Å². The third-order valence-electron chi connectivity index (χ3n) is 28.0. The predicted molar refractivity (Wildman–Crippen MR) is 429 cm³/mol. The molecule has 0 aromatic rings. The fraction of sp³-hybridized carbons (Fsp3) is 1.00. The third kappa shape index (κ3) is 45.6. The number of rotatable bonds is 12. The third-order valence-corrected chi connectivity index (χ3v) is 28.0. The summed E-state index contributed by atoms with van der Waals surface area (Å²) in [5.41, 5.74) is -8.90. The Kier molecular flexibility index (Phi) is 53.6.